The van der Waals surface area contributed by atoms with Crippen LogP contribution in [-0.4, -0.2) is 51.3 Å². The highest BCUT2D eigenvalue weighted by Gasteiger charge is 2.20. The summed E-state index contributed by atoms with van der Waals surface area (Å²) in [6.07, 6.45) is 0. The van der Waals surface area contributed by atoms with Gasteiger partial charge < -0.3 is 9.80 Å². The van der Waals surface area contributed by atoms with Crippen LogP contribution in [0.15, 0.2) is 80.6 Å². The number of nitrogens with zero attached hydrogens (tertiary/aromatic N) is 2. The van der Waals surface area contributed by atoms with Crippen molar-refractivity contribution in [3.05, 3.63) is 92.6 Å². The molecule has 0 heterocycles. The van der Waals surface area contributed by atoms with Crippen molar-refractivity contribution in [2.24, 2.45) is 0 Å². The lowest BCUT2D eigenvalue weighted by molar-refractivity contribution is 0.0732. The van der Waals surface area contributed by atoms with Gasteiger partial charge in [0.15, 0.2) is 0 Å². The van der Waals surface area contributed by atoms with Crippen LogP contribution in [-0.2, 0) is 16.6 Å². The summed E-state index contributed by atoms with van der Waals surface area (Å²) in [5, 5.41) is 0. The molecule has 0 aliphatic carbocycles. The van der Waals surface area contributed by atoms with Crippen molar-refractivity contribution in [2.75, 3.05) is 31.9 Å². The minimum Gasteiger partial charge on any atom is -0.333 e. The SMILES string of the molecule is CN(C)CCN(Cc1cccc(F)c1)C(=O)c1ccc(NS(=O)(=O)c2cc(Br)ccc2Br)cc1. The third-order valence-electron chi connectivity index (χ3n) is 4.93. The highest BCUT2D eigenvalue weighted by molar-refractivity contribution is 9.11. The van der Waals surface area contributed by atoms with Crippen molar-refractivity contribution in [1.82, 2.24) is 9.80 Å². The van der Waals surface area contributed by atoms with Crippen LogP contribution >= 0.6 is 31.9 Å². The van der Waals surface area contributed by atoms with E-state index in [0.29, 0.717) is 38.8 Å². The van der Waals surface area contributed by atoms with Gasteiger partial charge in [-0.3, -0.25) is 9.52 Å². The number of anilines is 1. The molecular weight excluding hydrogens is 589 g/mol. The zero-order valence-electron chi connectivity index (χ0n) is 18.6. The summed E-state index contributed by atoms with van der Waals surface area (Å²) >= 11 is 6.55. The third kappa shape index (κ3) is 7.11. The van der Waals surface area contributed by atoms with Gasteiger partial charge in [0.1, 0.15) is 10.7 Å². The molecule has 0 bridgehead atoms. The first kappa shape index (κ1) is 26.3. The molecule has 3 rings (SSSR count). The molecule has 0 aromatic heterocycles. The molecule has 3 aromatic rings. The second kappa shape index (κ2) is 11.4. The summed E-state index contributed by atoms with van der Waals surface area (Å²) in [7, 11) is -0.0179. The number of hydrogen-bond acceptors (Lipinski definition) is 4. The first-order chi connectivity index (χ1) is 16.0. The quantitative estimate of drug-likeness (QED) is 0.353. The molecule has 3 aromatic carbocycles. The Morgan fingerprint density at radius 3 is 2.32 bits per heavy atom. The van der Waals surface area contributed by atoms with Crippen LogP contribution in [0.2, 0.25) is 0 Å². The van der Waals surface area contributed by atoms with Crippen molar-refractivity contribution in [1.29, 1.82) is 0 Å². The molecule has 0 fully saturated rings. The fraction of sp³-hybridized carbons (Fsp3) is 0.208. The molecule has 0 aliphatic rings. The second-order valence-corrected chi connectivity index (χ2v) is 11.3. The fourth-order valence-corrected chi connectivity index (χ4v) is 5.75. The molecule has 0 radical (unpaired) electrons. The normalized spacial score (nSPS) is 11.5. The maximum Gasteiger partial charge on any atom is 0.263 e. The van der Waals surface area contributed by atoms with E-state index < -0.39 is 10.0 Å². The number of nitrogens with one attached hydrogen (secondary N) is 1. The number of halogens is 3. The fourth-order valence-electron chi connectivity index (χ4n) is 3.19. The Morgan fingerprint density at radius 2 is 1.68 bits per heavy atom. The standard InChI is InChI=1S/C24H24Br2FN3O3S/c1-29(2)12-13-30(16-17-4-3-5-20(27)14-17)24(31)18-6-9-21(10-7-18)28-34(32,33)23-15-19(25)8-11-22(23)26/h3-11,14-15,28H,12-13,16H2,1-2H3. The molecule has 0 saturated heterocycles. The average molecular weight is 613 g/mol. The van der Waals surface area contributed by atoms with Crippen LogP contribution in [0, 0.1) is 5.82 Å². The van der Waals surface area contributed by atoms with E-state index in [1.54, 1.807) is 53.4 Å². The van der Waals surface area contributed by atoms with E-state index in [0.717, 1.165) is 0 Å². The van der Waals surface area contributed by atoms with Gasteiger partial charge in [0.25, 0.3) is 15.9 Å². The highest BCUT2D eigenvalue weighted by Crippen LogP contribution is 2.27. The molecule has 34 heavy (non-hydrogen) atoms. The molecule has 0 aliphatic heterocycles. The van der Waals surface area contributed by atoms with Crippen LogP contribution in [0.5, 0.6) is 0 Å². The van der Waals surface area contributed by atoms with Gasteiger partial charge in [-0.25, -0.2) is 12.8 Å². The number of carbonyl (C=O) groups excluding carboxylic acids is 1. The van der Waals surface area contributed by atoms with E-state index in [1.165, 1.54) is 18.2 Å². The van der Waals surface area contributed by atoms with E-state index in [4.69, 9.17) is 0 Å². The van der Waals surface area contributed by atoms with Gasteiger partial charge in [0.05, 0.1) is 0 Å². The molecule has 0 atom stereocenters. The number of likely N-dealkylation sites (N-methyl/N-ethyl adjacent to an activating group) is 1. The Hall–Kier alpha value is -2.27. The Bertz CT molecular complexity index is 1270. The van der Waals surface area contributed by atoms with Gasteiger partial charge in [-0.05, 0) is 90.2 Å². The largest absolute Gasteiger partial charge is 0.333 e. The lowest BCUT2D eigenvalue weighted by atomic mass is 10.1. The number of hydrogen-bond donors (Lipinski definition) is 1. The lowest BCUT2D eigenvalue weighted by Crippen LogP contribution is -2.36. The first-order valence-electron chi connectivity index (χ1n) is 10.3. The maximum atomic E-state index is 13.6. The van der Waals surface area contributed by atoms with E-state index in [1.807, 2.05) is 19.0 Å². The average Bonchev–Trinajstić information content (AvgIpc) is 2.78. The van der Waals surface area contributed by atoms with Gasteiger partial charge in [0.2, 0.25) is 0 Å². The maximum absolute atomic E-state index is 13.6. The molecule has 0 unspecified atom stereocenters. The predicted molar refractivity (Wildman–Crippen MR) is 139 cm³/mol. The molecule has 6 nitrogen and oxygen atoms in total. The minimum atomic E-state index is -3.84. The summed E-state index contributed by atoms with van der Waals surface area (Å²) in [6, 6.07) is 17.3. The summed E-state index contributed by atoms with van der Waals surface area (Å²) in [4.78, 5) is 16.9. The summed E-state index contributed by atoms with van der Waals surface area (Å²) in [5.74, 6) is -0.582. The molecule has 180 valence electrons. The molecule has 0 saturated carbocycles. The van der Waals surface area contributed by atoms with Crippen LogP contribution < -0.4 is 4.72 Å². The number of benzene rings is 3. The smallest absolute Gasteiger partial charge is 0.263 e. The number of sulfonamides is 1. The third-order valence-corrected chi connectivity index (χ3v) is 7.80. The van der Waals surface area contributed by atoms with Gasteiger partial charge in [-0.2, -0.15) is 0 Å². The van der Waals surface area contributed by atoms with Crippen molar-refractivity contribution in [3.8, 4) is 0 Å². The molecule has 1 amide bonds. The number of amides is 1. The van der Waals surface area contributed by atoms with Crippen LogP contribution in [0.4, 0.5) is 10.1 Å². The summed E-state index contributed by atoms with van der Waals surface area (Å²) in [6.45, 7) is 1.35. The molecular formula is C24H24Br2FN3O3S. The molecule has 0 spiro atoms. The van der Waals surface area contributed by atoms with Gasteiger partial charge in [0, 0.05) is 39.8 Å². The highest BCUT2D eigenvalue weighted by atomic mass is 79.9. The van der Waals surface area contributed by atoms with E-state index in [2.05, 4.69) is 36.6 Å². The second-order valence-electron chi connectivity index (χ2n) is 7.92. The molecule has 10 heteroatoms. The van der Waals surface area contributed by atoms with E-state index >= 15 is 0 Å². The Kier molecular flexibility index (Phi) is 8.86. The monoisotopic (exact) mass is 611 g/mol. The first-order valence-corrected chi connectivity index (χ1v) is 13.4. The van der Waals surface area contributed by atoms with Crippen LogP contribution in [0.25, 0.3) is 0 Å². The Labute approximate surface area is 216 Å². The van der Waals surface area contributed by atoms with Crippen molar-refractivity contribution in [2.45, 2.75) is 11.4 Å². The predicted octanol–water partition coefficient (Wildman–Crippen LogP) is 5.36. The van der Waals surface area contributed by atoms with Crippen molar-refractivity contribution in [3.63, 3.8) is 0 Å². The zero-order valence-corrected chi connectivity index (χ0v) is 22.6. The van der Waals surface area contributed by atoms with E-state index in [9.17, 15) is 17.6 Å². The topological polar surface area (TPSA) is 69.7 Å². The van der Waals surface area contributed by atoms with E-state index in [-0.39, 0.29) is 23.2 Å². The number of carbonyl (C=O) groups is 1. The van der Waals surface area contributed by atoms with Crippen molar-refractivity contribution < 1.29 is 17.6 Å². The molecule has 1 N–H and O–H groups in total. The Balaban J connectivity index is 1.78. The summed E-state index contributed by atoms with van der Waals surface area (Å²) < 4.78 is 42.8. The van der Waals surface area contributed by atoms with Crippen molar-refractivity contribution >= 4 is 53.5 Å². The van der Waals surface area contributed by atoms with Gasteiger partial charge >= 0.3 is 0 Å². The van der Waals surface area contributed by atoms with Crippen LogP contribution in [0.1, 0.15) is 15.9 Å². The number of rotatable bonds is 9. The van der Waals surface area contributed by atoms with Crippen LogP contribution in [0.3, 0.4) is 0 Å². The lowest BCUT2D eigenvalue weighted by Gasteiger charge is -2.25. The minimum absolute atomic E-state index is 0.0898. The Morgan fingerprint density at radius 1 is 0.971 bits per heavy atom. The van der Waals surface area contributed by atoms with Gasteiger partial charge in [-0.1, -0.05) is 28.1 Å². The summed E-state index contributed by atoms with van der Waals surface area (Å²) in [5.41, 5.74) is 1.42. The zero-order chi connectivity index (χ0) is 24.9. The van der Waals surface area contributed by atoms with Gasteiger partial charge in [-0.15, -0.1) is 0 Å².